The number of hydrogen-bond donors (Lipinski definition) is 4. The maximum atomic E-state index is 12.8. The van der Waals surface area contributed by atoms with E-state index in [0.29, 0.717) is 19.3 Å². The van der Waals surface area contributed by atoms with Crippen LogP contribution in [0, 0.1) is 0 Å². The Labute approximate surface area is 373 Å². The second kappa shape index (κ2) is 38.1. The van der Waals surface area contributed by atoms with Gasteiger partial charge in [-0.3, -0.25) is 14.1 Å². The van der Waals surface area contributed by atoms with Crippen LogP contribution in [0.5, 0.6) is 0 Å². The van der Waals surface area contributed by atoms with E-state index in [0.717, 1.165) is 77.0 Å². The number of carbonyl (C=O) groups excluding carboxylic acids is 2. The number of ether oxygens (including phenoxy) is 4. The average molecular weight is 891 g/mol. The van der Waals surface area contributed by atoms with E-state index in [1.54, 1.807) is 0 Å². The molecular formula is C49H78O12S. The van der Waals surface area contributed by atoms with Crippen molar-refractivity contribution in [3.63, 3.8) is 0 Å². The molecule has 1 heterocycles. The molecule has 0 bridgehead atoms. The zero-order chi connectivity index (χ0) is 45.5. The van der Waals surface area contributed by atoms with E-state index in [-0.39, 0.29) is 19.4 Å². The summed E-state index contributed by atoms with van der Waals surface area (Å²) in [5, 5.41) is 30.9. The van der Waals surface area contributed by atoms with E-state index in [9.17, 15) is 37.9 Å². The first kappa shape index (κ1) is 56.6. The molecule has 0 spiro atoms. The Hall–Kier alpha value is -3.43. The van der Waals surface area contributed by atoms with Crippen LogP contribution in [0.3, 0.4) is 0 Å². The Morgan fingerprint density at radius 1 is 0.565 bits per heavy atom. The van der Waals surface area contributed by atoms with Gasteiger partial charge in [0.15, 0.2) is 12.4 Å². The Morgan fingerprint density at radius 3 is 1.55 bits per heavy atom. The highest BCUT2D eigenvalue weighted by molar-refractivity contribution is 7.85. The van der Waals surface area contributed by atoms with Gasteiger partial charge in [0.2, 0.25) is 0 Å². The molecule has 1 aliphatic heterocycles. The number of rotatable bonds is 36. The third-order valence-corrected chi connectivity index (χ3v) is 10.4. The van der Waals surface area contributed by atoms with Crippen molar-refractivity contribution >= 4 is 22.1 Å². The smallest absolute Gasteiger partial charge is 0.306 e. The van der Waals surface area contributed by atoms with Crippen LogP contribution < -0.4 is 0 Å². The molecule has 0 radical (unpaired) electrons. The Morgan fingerprint density at radius 2 is 1.03 bits per heavy atom. The number of unbranched alkanes of at least 4 members (excludes halogenated alkanes) is 8. The van der Waals surface area contributed by atoms with E-state index in [4.69, 9.17) is 18.9 Å². The molecule has 12 nitrogen and oxygen atoms in total. The van der Waals surface area contributed by atoms with Crippen molar-refractivity contribution in [1.29, 1.82) is 0 Å². The summed E-state index contributed by atoms with van der Waals surface area (Å²) in [7, 11) is -4.62. The molecule has 1 fully saturated rings. The first-order valence-electron chi connectivity index (χ1n) is 22.8. The predicted octanol–water partition coefficient (Wildman–Crippen LogP) is 9.44. The van der Waals surface area contributed by atoms with Gasteiger partial charge in [0.25, 0.3) is 10.1 Å². The number of hydrogen-bond acceptors (Lipinski definition) is 11. The summed E-state index contributed by atoms with van der Waals surface area (Å²) >= 11 is 0. The van der Waals surface area contributed by atoms with Crippen LogP contribution in [0.15, 0.2) is 97.2 Å². The predicted molar refractivity (Wildman–Crippen MR) is 247 cm³/mol. The molecule has 1 aliphatic rings. The Kier molecular flexibility index (Phi) is 34.7. The minimum atomic E-state index is -4.62. The quantitative estimate of drug-likeness (QED) is 0.0202. The van der Waals surface area contributed by atoms with Crippen LogP contribution in [-0.2, 0) is 38.7 Å². The molecule has 6 atom stereocenters. The molecule has 0 aromatic carbocycles. The van der Waals surface area contributed by atoms with Crippen molar-refractivity contribution in [2.24, 2.45) is 0 Å². The third-order valence-electron chi connectivity index (χ3n) is 9.65. The number of allylic oxidation sites excluding steroid dienone is 16. The lowest BCUT2D eigenvalue weighted by Crippen LogP contribution is -2.60. The number of carbonyl (C=O) groups is 2. The molecule has 0 aromatic rings. The molecular weight excluding hydrogens is 813 g/mol. The summed E-state index contributed by atoms with van der Waals surface area (Å²) < 4.78 is 54.0. The van der Waals surface area contributed by atoms with Gasteiger partial charge in [0.05, 0.1) is 6.61 Å². The van der Waals surface area contributed by atoms with Crippen molar-refractivity contribution < 1.29 is 56.8 Å². The van der Waals surface area contributed by atoms with Gasteiger partial charge in [-0.2, -0.15) is 8.42 Å². The number of aliphatic hydroxyl groups excluding tert-OH is 3. The fourth-order valence-electron chi connectivity index (χ4n) is 6.13. The van der Waals surface area contributed by atoms with Crippen LogP contribution in [0.1, 0.15) is 142 Å². The SMILES string of the molecule is CC/C=C/C/C=C/C/C=C/C/C=C/C/C=C/CCCC(=O)OC[C@H](CO[C@H]1O[C@H](CS(=O)(=O)O)[C@@H](O)C(O)C1O)OC(=O)CCCCCC/C=C/C/C=C/C/C=C/CCCCC. The van der Waals surface area contributed by atoms with E-state index in [1.165, 1.54) is 19.3 Å². The normalized spacial score (nSPS) is 20.8. The molecule has 352 valence electrons. The van der Waals surface area contributed by atoms with Gasteiger partial charge in [-0.15, -0.1) is 0 Å². The van der Waals surface area contributed by atoms with Crippen molar-refractivity contribution in [2.75, 3.05) is 19.0 Å². The minimum absolute atomic E-state index is 0.120. The van der Waals surface area contributed by atoms with Crippen LogP contribution >= 0.6 is 0 Å². The molecule has 62 heavy (non-hydrogen) atoms. The van der Waals surface area contributed by atoms with Gasteiger partial charge in [-0.25, -0.2) is 0 Å². The zero-order valence-corrected chi connectivity index (χ0v) is 38.2. The minimum Gasteiger partial charge on any atom is -0.462 e. The van der Waals surface area contributed by atoms with Crippen molar-refractivity contribution in [2.45, 2.75) is 179 Å². The van der Waals surface area contributed by atoms with Gasteiger partial charge in [0.1, 0.15) is 36.8 Å². The topological polar surface area (TPSA) is 186 Å². The van der Waals surface area contributed by atoms with Crippen LogP contribution in [0.2, 0.25) is 0 Å². The van der Waals surface area contributed by atoms with E-state index in [2.05, 4.69) is 98.9 Å². The lowest BCUT2D eigenvalue weighted by atomic mass is 10.00. The molecule has 0 amide bonds. The maximum Gasteiger partial charge on any atom is 0.306 e. The number of aliphatic hydroxyl groups is 3. The van der Waals surface area contributed by atoms with Crippen LogP contribution in [-0.4, -0.2) is 96.0 Å². The molecule has 4 N–H and O–H groups in total. The van der Waals surface area contributed by atoms with E-state index in [1.807, 2.05) is 12.2 Å². The van der Waals surface area contributed by atoms with E-state index < -0.39 is 71.2 Å². The lowest BCUT2D eigenvalue weighted by molar-refractivity contribution is -0.297. The lowest BCUT2D eigenvalue weighted by Gasteiger charge is -2.40. The molecule has 0 aromatic heterocycles. The molecule has 2 unspecified atom stereocenters. The van der Waals surface area contributed by atoms with Gasteiger partial charge in [0, 0.05) is 12.8 Å². The first-order valence-corrected chi connectivity index (χ1v) is 24.4. The van der Waals surface area contributed by atoms with Gasteiger partial charge in [-0.1, -0.05) is 137 Å². The van der Waals surface area contributed by atoms with E-state index >= 15 is 0 Å². The molecule has 1 rings (SSSR count). The van der Waals surface area contributed by atoms with Crippen LogP contribution in [0.25, 0.3) is 0 Å². The Bertz CT molecular complexity index is 1510. The second-order valence-electron chi connectivity index (χ2n) is 15.3. The fraction of sp³-hybridized carbons (Fsp3) is 0.633. The number of esters is 2. The van der Waals surface area contributed by atoms with Crippen molar-refractivity contribution in [3.05, 3.63) is 97.2 Å². The van der Waals surface area contributed by atoms with Gasteiger partial charge in [-0.05, 0) is 89.9 Å². The largest absolute Gasteiger partial charge is 0.462 e. The zero-order valence-electron chi connectivity index (χ0n) is 37.4. The summed E-state index contributed by atoms with van der Waals surface area (Å²) in [6, 6.07) is 0. The highest BCUT2D eigenvalue weighted by Crippen LogP contribution is 2.24. The summed E-state index contributed by atoms with van der Waals surface area (Å²) in [6.07, 6.45) is 41.7. The Balaban J connectivity index is 2.52. The summed E-state index contributed by atoms with van der Waals surface area (Å²) in [5.41, 5.74) is 0. The molecule has 0 saturated carbocycles. The van der Waals surface area contributed by atoms with Crippen molar-refractivity contribution in [3.8, 4) is 0 Å². The second-order valence-corrected chi connectivity index (χ2v) is 16.8. The maximum absolute atomic E-state index is 12.8. The van der Waals surface area contributed by atoms with Crippen LogP contribution in [0.4, 0.5) is 0 Å². The molecule has 13 heteroatoms. The summed E-state index contributed by atoms with van der Waals surface area (Å²) in [6.45, 7) is 3.53. The monoisotopic (exact) mass is 891 g/mol. The van der Waals surface area contributed by atoms with Gasteiger partial charge < -0.3 is 34.3 Å². The summed E-state index contributed by atoms with van der Waals surface area (Å²) in [5.74, 6) is -2.10. The van der Waals surface area contributed by atoms with Gasteiger partial charge >= 0.3 is 11.9 Å². The average Bonchev–Trinajstić information content (AvgIpc) is 3.24. The molecule has 1 saturated heterocycles. The standard InChI is InChI=1S/C49H78O12S/c1-3-5-7-9-11-13-15-17-19-21-23-25-27-29-31-33-35-37-44(50)58-39-42(40-59-49-48(54)47(53)46(52)43(61-49)41-62(55,56)57)60-45(51)38-36-34-32-30-28-26-24-22-20-18-16-14-12-10-8-6-4-2/h5,7,11-14,17-20,23-26,29,31,42-43,46-49,52-54H,3-4,6,8-10,15-16,21-22,27-28,30,32-41H2,1-2H3,(H,55,56,57)/b7-5+,13-11+,14-12+,19-17+,20-18+,25-23+,26-24+,31-29+/t42-,43-,46-,47?,48?,49+/m1/s1. The first-order chi connectivity index (χ1) is 30.0. The highest BCUT2D eigenvalue weighted by Gasteiger charge is 2.46. The van der Waals surface area contributed by atoms with Crippen molar-refractivity contribution in [1.82, 2.24) is 0 Å². The summed E-state index contributed by atoms with van der Waals surface area (Å²) in [4.78, 5) is 25.4. The fourth-order valence-corrected chi connectivity index (χ4v) is 6.82. The third kappa shape index (κ3) is 32.3. The highest BCUT2D eigenvalue weighted by atomic mass is 32.2. The molecule has 0 aliphatic carbocycles.